The molecule has 0 fully saturated rings. The molecule has 0 aliphatic carbocycles. The monoisotopic (exact) mass is 330 g/mol. The molecule has 0 saturated carbocycles. The molecular weight excluding hydrogens is 308 g/mol. The maximum absolute atomic E-state index is 12.4. The van der Waals surface area contributed by atoms with Crippen molar-refractivity contribution in [1.82, 2.24) is 5.32 Å². The minimum atomic E-state index is -0.195. The van der Waals surface area contributed by atoms with Gasteiger partial charge in [-0.3, -0.25) is 4.79 Å². The lowest BCUT2D eigenvalue weighted by atomic mass is 9.84. The van der Waals surface area contributed by atoms with Gasteiger partial charge in [-0.2, -0.15) is 0 Å². The first kappa shape index (κ1) is 17.4. The molecule has 0 atom stereocenters. The average Bonchev–Trinajstić information content (AvgIpc) is 2.53. The highest BCUT2D eigenvalue weighted by molar-refractivity contribution is 6.30. The van der Waals surface area contributed by atoms with E-state index in [1.807, 2.05) is 67.5 Å². The summed E-state index contributed by atoms with van der Waals surface area (Å²) in [5.74, 6) is -0.0659. The maximum atomic E-state index is 12.4. The van der Waals surface area contributed by atoms with E-state index in [1.54, 1.807) is 0 Å². The number of nitrogens with zero attached hydrogens (tertiary/aromatic N) is 1. The van der Waals surface area contributed by atoms with Crippen molar-refractivity contribution in [3.63, 3.8) is 0 Å². The summed E-state index contributed by atoms with van der Waals surface area (Å²) < 4.78 is 0. The number of hydrogen-bond donors (Lipinski definition) is 1. The van der Waals surface area contributed by atoms with E-state index in [1.165, 1.54) is 0 Å². The number of carbonyl (C=O) groups excluding carboxylic acids is 1. The topological polar surface area (TPSA) is 32.3 Å². The summed E-state index contributed by atoms with van der Waals surface area (Å²) in [6, 6.07) is 15.4. The second-order valence-electron chi connectivity index (χ2n) is 6.52. The average molecular weight is 331 g/mol. The Morgan fingerprint density at radius 2 is 1.83 bits per heavy atom. The van der Waals surface area contributed by atoms with Crippen molar-refractivity contribution in [3.8, 4) is 0 Å². The van der Waals surface area contributed by atoms with E-state index in [2.05, 4.69) is 19.2 Å². The first-order valence-corrected chi connectivity index (χ1v) is 7.99. The molecule has 2 rings (SSSR count). The lowest BCUT2D eigenvalue weighted by Gasteiger charge is -2.26. The van der Waals surface area contributed by atoms with Crippen LogP contribution in [0.4, 0.5) is 5.69 Å². The molecule has 1 amide bonds. The van der Waals surface area contributed by atoms with Crippen LogP contribution in [0.1, 0.15) is 29.8 Å². The van der Waals surface area contributed by atoms with E-state index >= 15 is 0 Å². The van der Waals surface area contributed by atoms with E-state index < -0.39 is 0 Å². The van der Waals surface area contributed by atoms with Crippen LogP contribution >= 0.6 is 11.6 Å². The van der Waals surface area contributed by atoms with Gasteiger partial charge >= 0.3 is 0 Å². The first-order chi connectivity index (χ1) is 10.8. The molecule has 1 N–H and O–H groups in total. The third-order valence-electron chi connectivity index (χ3n) is 3.92. The molecule has 0 heterocycles. The minimum absolute atomic E-state index is 0.0659. The van der Waals surface area contributed by atoms with Gasteiger partial charge in [0.15, 0.2) is 0 Å². The lowest BCUT2D eigenvalue weighted by molar-refractivity contribution is 0.0945. The summed E-state index contributed by atoms with van der Waals surface area (Å²) in [6.45, 7) is 4.72. The number of amides is 1. The second-order valence-corrected chi connectivity index (χ2v) is 6.96. The van der Waals surface area contributed by atoms with Crippen LogP contribution in [-0.2, 0) is 5.41 Å². The zero-order valence-corrected chi connectivity index (χ0v) is 14.8. The largest absolute Gasteiger partial charge is 0.378 e. The molecule has 2 aromatic rings. The molecule has 0 spiro atoms. The molecule has 122 valence electrons. The summed E-state index contributed by atoms with van der Waals surface area (Å²) in [5.41, 5.74) is 2.58. The van der Waals surface area contributed by atoms with E-state index in [9.17, 15) is 4.79 Å². The van der Waals surface area contributed by atoms with Gasteiger partial charge in [0.2, 0.25) is 0 Å². The van der Waals surface area contributed by atoms with Crippen molar-refractivity contribution in [2.45, 2.75) is 19.3 Å². The predicted octanol–water partition coefficient (Wildman–Crippen LogP) is 4.11. The molecule has 0 bridgehead atoms. The molecule has 2 aromatic carbocycles. The Hall–Kier alpha value is -2.00. The van der Waals surface area contributed by atoms with Crippen molar-refractivity contribution in [2.75, 3.05) is 25.5 Å². The Bertz CT molecular complexity index is 695. The molecule has 0 radical (unpaired) electrons. The van der Waals surface area contributed by atoms with E-state index in [4.69, 9.17) is 11.6 Å². The molecule has 4 heteroatoms. The fourth-order valence-corrected chi connectivity index (χ4v) is 2.53. The van der Waals surface area contributed by atoms with Crippen molar-refractivity contribution in [3.05, 3.63) is 64.7 Å². The maximum Gasteiger partial charge on any atom is 0.251 e. The van der Waals surface area contributed by atoms with Crippen molar-refractivity contribution < 1.29 is 4.79 Å². The summed E-state index contributed by atoms with van der Waals surface area (Å²) in [6.07, 6.45) is 0. The van der Waals surface area contributed by atoms with Gasteiger partial charge in [0.05, 0.1) is 0 Å². The van der Waals surface area contributed by atoms with E-state index in [0.717, 1.165) is 11.3 Å². The molecule has 0 saturated heterocycles. The zero-order chi connectivity index (χ0) is 17.0. The molecule has 0 aromatic heterocycles. The molecule has 0 unspecified atom stereocenters. The lowest BCUT2D eigenvalue weighted by Crippen LogP contribution is -2.36. The number of rotatable bonds is 5. The summed E-state index contributed by atoms with van der Waals surface area (Å²) in [4.78, 5) is 14.4. The third-order valence-corrected chi connectivity index (χ3v) is 4.16. The van der Waals surface area contributed by atoms with Crippen molar-refractivity contribution in [2.24, 2.45) is 0 Å². The summed E-state index contributed by atoms with van der Waals surface area (Å²) in [5, 5.41) is 3.73. The van der Waals surface area contributed by atoms with Crippen LogP contribution in [0, 0.1) is 0 Å². The Balaban J connectivity index is 2.07. The van der Waals surface area contributed by atoms with Gasteiger partial charge in [-0.05, 0) is 35.9 Å². The van der Waals surface area contributed by atoms with Crippen molar-refractivity contribution in [1.29, 1.82) is 0 Å². The van der Waals surface area contributed by atoms with Crippen LogP contribution < -0.4 is 10.2 Å². The number of nitrogens with one attached hydrogen (secondary N) is 1. The minimum Gasteiger partial charge on any atom is -0.378 e. The normalized spacial score (nSPS) is 11.2. The standard InChI is InChI=1S/C19H23ClN2O/c1-19(2,15-8-6-9-16(20)12-15)13-21-18(23)14-7-5-10-17(11-14)22(3)4/h5-12H,13H2,1-4H3,(H,21,23). The Morgan fingerprint density at radius 3 is 2.48 bits per heavy atom. The van der Waals surface area contributed by atoms with E-state index in [-0.39, 0.29) is 11.3 Å². The van der Waals surface area contributed by atoms with E-state index in [0.29, 0.717) is 17.1 Å². The fraction of sp³-hybridized carbons (Fsp3) is 0.316. The number of halogens is 1. The fourth-order valence-electron chi connectivity index (χ4n) is 2.34. The second kappa shape index (κ2) is 7.05. The van der Waals surface area contributed by atoms with Gasteiger partial charge in [-0.25, -0.2) is 0 Å². The molecule has 0 aliphatic heterocycles. The highest BCUT2D eigenvalue weighted by Crippen LogP contribution is 2.25. The van der Waals surface area contributed by atoms with Gasteiger partial charge in [0, 0.05) is 42.3 Å². The Labute approximate surface area is 143 Å². The quantitative estimate of drug-likeness (QED) is 0.894. The summed E-state index contributed by atoms with van der Waals surface area (Å²) >= 11 is 6.06. The number of carbonyl (C=O) groups is 1. The number of anilines is 1. The van der Waals surface area contributed by atoms with Gasteiger partial charge in [-0.1, -0.05) is 43.6 Å². The van der Waals surface area contributed by atoms with Gasteiger partial charge in [0.25, 0.3) is 5.91 Å². The Morgan fingerprint density at radius 1 is 1.13 bits per heavy atom. The zero-order valence-electron chi connectivity index (χ0n) is 14.1. The van der Waals surface area contributed by atoms with Gasteiger partial charge in [0.1, 0.15) is 0 Å². The van der Waals surface area contributed by atoms with Crippen LogP contribution in [0.15, 0.2) is 48.5 Å². The third kappa shape index (κ3) is 4.49. The van der Waals surface area contributed by atoms with Crippen LogP contribution in [0.2, 0.25) is 5.02 Å². The Kier molecular flexibility index (Phi) is 5.32. The van der Waals surface area contributed by atoms with Gasteiger partial charge < -0.3 is 10.2 Å². The highest BCUT2D eigenvalue weighted by Gasteiger charge is 2.22. The number of hydrogen-bond acceptors (Lipinski definition) is 2. The van der Waals surface area contributed by atoms with Crippen LogP contribution in [0.5, 0.6) is 0 Å². The molecule has 23 heavy (non-hydrogen) atoms. The summed E-state index contributed by atoms with van der Waals surface area (Å²) in [7, 11) is 3.92. The first-order valence-electron chi connectivity index (χ1n) is 7.61. The van der Waals surface area contributed by atoms with Crippen LogP contribution in [0.25, 0.3) is 0 Å². The van der Waals surface area contributed by atoms with Gasteiger partial charge in [-0.15, -0.1) is 0 Å². The van der Waals surface area contributed by atoms with Crippen LogP contribution in [0.3, 0.4) is 0 Å². The predicted molar refractivity (Wildman–Crippen MR) is 97.6 cm³/mol. The SMILES string of the molecule is CN(C)c1cccc(C(=O)NCC(C)(C)c2cccc(Cl)c2)c1. The number of benzene rings is 2. The molecule has 3 nitrogen and oxygen atoms in total. The molecule has 0 aliphatic rings. The highest BCUT2D eigenvalue weighted by atomic mass is 35.5. The van der Waals surface area contributed by atoms with Crippen molar-refractivity contribution >= 4 is 23.2 Å². The molecular formula is C19H23ClN2O. The smallest absolute Gasteiger partial charge is 0.251 e. The van der Waals surface area contributed by atoms with Crippen LogP contribution in [-0.4, -0.2) is 26.5 Å².